The zero-order valence-electron chi connectivity index (χ0n) is 16.3. The minimum atomic E-state index is -0.458. The molecule has 0 fully saturated rings. The summed E-state index contributed by atoms with van der Waals surface area (Å²) in [6.07, 6.45) is 4.36. The summed E-state index contributed by atoms with van der Waals surface area (Å²) in [7, 11) is 0. The number of halogens is 3. The fourth-order valence-corrected chi connectivity index (χ4v) is 4.17. The Morgan fingerprint density at radius 3 is 2.67 bits per heavy atom. The minimum absolute atomic E-state index is 0.264. The van der Waals surface area contributed by atoms with Crippen LogP contribution in [0.4, 0.5) is 4.39 Å². The van der Waals surface area contributed by atoms with Gasteiger partial charge in [-0.2, -0.15) is 5.10 Å². The highest BCUT2D eigenvalue weighted by Crippen LogP contribution is 2.37. The fraction of sp³-hybridized carbons (Fsp3) is 0.217. The van der Waals surface area contributed by atoms with Gasteiger partial charge in [-0.15, -0.1) is 0 Å². The molecular formula is C23H19Cl2FN2O2. The highest BCUT2D eigenvalue weighted by molar-refractivity contribution is 6.35. The molecule has 0 N–H and O–H groups in total. The van der Waals surface area contributed by atoms with Crippen molar-refractivity contribution in [1.29, 1.82) is 0 Å². The van der Waals surface area contributed by atoms with Crippen LogP contribution in [0.2, 0.25) is 10.0 Å². The van der Waals surface area contributed by atoms with Gasteiger partial charge in [-0.25, -0.2) is 13.9 Å². The number of benzene rings is 2. The van der Waals surface area contributed by atoms with Gasteiger partial charge in [0.2, 0.25) is 0 Å². The van der Waals surface area contributed by atoms with E-state index in [9.17, 15) is 9.18 Å². The molecule has 1 heterocycles. The summed E-state index contributed by atoms with van der Waals surface area (Å²) < 4.78 is 20.2. The molecule has 0 saturated carbocycles. The average molecular weight is 445 g/mol. The van der Waals surface area contributed by atoms with Gasteiger partial charge in [-0.05, 0) is 73.7 Å². The quantitative estimate of drug-likeness (QED) is 0.439. The van der Waals surface area contributed by atoms with Crippen molar-refractivity contribution in [3.63, 3.8) is 0 Å². The van der Waals surface area contributed by atoms with Crippen molar-refractivity contribution in [1.82, 2.24) is 9.78 Å². The van der Waals surface area contributed by atoms with Crippen LogP contribution in [-0.2, 0) is 11.2 Å². The maximum absolute atomic E-state index is 13.3. The Bertz CT molecular complexity index is 1140. The first kappa shape index (κ1) is 20.6. The van der Waals surface area contributed by atoms with Crippen LogP contribution in [0.15, 0.2) is 42.5 Å². The smallest absolute Gasteiger partial charge is 0.359 e. The Morgan fingerprint density at radius 1 is 1.20 bits per heavy atom. The van der Waals surface area contributed by atoms with Crippen LogP contribution >= 0.6 is 23.2 Å². The number of esters is 1. The van der Waals surface area contributed by atoms with Crippen molar-refractivity contribution in [2.45, 2.75) is 26.2 Å². The second kappa shape index (κ2) is 8.62. The number of hydrogen-bond acceptors (Lipinski definition) is 3. The number of hydrogen-bond donors (Lipinski definition) is 0. The SMILES string of the molecule is CCOC(=O)c1nn(-c2ccc(Cl)cc2Cl)c2c1CCC/C2=C\c1ccc(F)cc1. The molecule has 0 aliphatic heterocycles. The van der Waals surface area contributed by atoms with Crippen molar-refractivity contribution in [2.75, 3.05) is 6.61 Å². The molecule has 0 radical (unpaired) electrons. The van der Waals surface area contributed by atoms with Gasteiger partial charge in [0.25, 0.3) is 0 Å². The number of fused-ring (bicyclic) bond motifs is 1. The highest BCUT2D eigenvalue weighted by Gasteiger charge is 2.29. The Labute approximate surface area is 183 Å². The molecular weight excluding hydrogens is 426 g/mol. The van der Waals surface area contributed by atoms with E-state index in [1.165, 1.54) is 12.1 Å². The monoisotopic (exact) mass is 444 g/mol. The van der Waals surface area contributed by atoms with Crippen LogP contribution in [0.1, 0.15) is 47.1 Å². The third-order valence-corrected chi connectivity index (χ3v) is 5.52. The highest BCUT2D eigenvalue weighted by atomic mass is 35.5. The van der Waals surface area contributed by atoms with Gasteiger partial charge in [0.15, 0.2) is 5.69 Å². The lowest BCUT2D eigenvalue weighted by atomic mass is 9.89. The van der Waals surface area contributed by atoms with Crippen LogP contribution in [0.3, 0.4) is 0 Å². The topological polar surface area (TPSA) is 44.1 Å². The van der Waals surface area contributed by atoms with Crippen molar-refractivity contribution in [3.05, 3.63) is 80.8 Å². The second-order valence-electron chi connectivity index (χ2n) is 6.98. The maximum Gasteiger partial charge on any atom is 0.359 e. The molecule has 1 aliphatic rings. The van der Waals surface area contributed by atoms with Gasteiger partial charge >= 0.3 is 5.97 Å². The molecule has 2 aromatic carbocycles. The van der Waals surface area contributed by atoms with Gasteiger partial charge in [0.05, 0.1) is 23.0 Å². The van der Waals surface area contributed by atoms with Gasteiger partial charge in [-0.3, -0.25) is 0 Å². The Hall–Kier alpha value is -2.63. The summed E-state index contributed by atoms with van der Waals surface area (Å²) in [5, 5.41) is 5.53. The Morgan fingerprint density at radius 2 is 1.97 bits per heavy atom. The zero-order valence-corrected chi connectivity index (χ0v) is 17.8. The fourth-order valence-electron chi connectivity index (χ4n) is 3.68. The van der Waals surface area contributed by atoms with Gasteiger partial charge in [0.1, 0.15) is 5.82 Å². The molecule has 0 unspecified atom stereocenters. The van der Waals surface area contributed by atoms with E-state index >= 15 is 0 Å². The van der Waals surface area contributed by atoms with E-state index in [1.54, 1.807) is 41.9 Å². The summed E-state index contributed by atoms with van der Waals surface area (Å²) in [5.41, 5.74) is 4.43. The van der Waals surface area contributed by atoms with E-state index in [4.69, 9.17) is 27.9 Å². The predicted octanol–water partition coefficient (Wildman–Crippen LogP) is 6.37. The van der Waals surface area contributed by atoms with Crippen LogP contribution in [0.25, 0.3) is 17.3 Å². The molecule has 3 aromatic rings. The summed E-state index contributed by atoms with van der Waals surface area (Å²) in [4.78, 5) is 12.6. The number of nitrogens with zero attached hydrogens (tertiary/aromatic N) is 2. The first-order valence-electron chi connectivity index (χ1n) is 9.69. The van der Waals surface area contributed by atoms with Crippen LogP contribution < -0.4 is 0 Å². The lowest BCUT2D eigenvalue weighted by molar-refractivity contribution is 0.0517. The van der Waals surface area contributed by atoms with E-state index < -0.39 is 5.97 Å². The van der Waals surface area contributed by atoms with Gasteiger partial charge < -0.3 is 4.74 Å². The third kappa shape index (κ3) is 4.00. The molecule has 4 rings (SSSR count). The molecule has 1 aliphatic carbocycles. The van der Waals surface area contributed by atoms with Gasteiger partial charge in [-0.1, -0.05) is 35.3 Å². The molecule has 0 spiro atoms. The second-order valence-corrected chi connectivity index (χ2v) is 7.82. The summed E-state index contributed by atoms with van der Waals surface area (Å²) in [5.74, 6) is -0.746. The molecule has 30 heavy (non-hydrogen) atoms. The van der Waals surface area contributed by atoms with Crippen LogP contribution in [-0.4, -0.2) is 22.4 Å². The molecule has 0 atom stereocenters. The molecule has 0 bridgehead atoms. The third-order valence-electron chi connectivity index (χ3n) is 4.98. The molecule has 1 aromatic heterocycles. The van der Waals surface area contributed by atoms with E-state index in [0.29, 0.717) is 27.8 Å². The average Bonchev–Trinajstić information content (AvgIpc) is 3.10. The Balaban J connectivity index is 1.92. The number of carbonyl (C=O) groups excluding carboxylic acids is 1. The lowest BCUT2D eigenvalue weighted by Gasteiger charge is -2.19. The maximum atomic E-state index is 13.3. The molecule has 0 amide bonds. The number of aromatic nitrogens is 2. The van der Waals surface area contributed by atoms with E-state index in [1.807, 2.05) is 6.08 Å². The number of ether oxygens (including phenoxy) is 1. The number of allylic oxidation sites excluding steroid dienone is 1. The molecule has 0 saturated heterocycles. The molecule has 4 nitrogen and oxygen atoms in total. The van der Waals surface area contributed by atoms with Crippen molar-refractivity contribution in [2.24, 2.45) is 0 Å². The predicted molar refractivity (Wildman–Crippen MR) is 117 cm³/mol. The standard InChI is InChI=1S/C23H19Cl2FN2O2/c1-2-30-23(29)21-18-5-3-4-15(12-14-6-9-17(26)10-7-14)22(18)28(27-21)20-11-8-16(24)13-19(20)25/h6-13H,2-5H2,1H3/b15-12+. The summed E-state index contributed by atoms with van der Waals surface area (Å²) >= 11 is 12.5. The van der Waals surface area contributed by atoms with Gasteiger partial charge in [0, 0.05) is 10.6 Å². The zero-order chi connectivity index (χ0) is 21.3. The summed E-state index contributed by atoms with van der Waals surface area (Å²) in [6, 6.07) is 11.4. The lowest BCUT2D eigenvalue weighted by Crippen LogP contribution is -2.10. The van der Waals surface area contributed by atoms with E-state index in [0.717, 1.165) is 35.2 Å². The largest absolute Gasteiger partial charge is 0.461 e. The summed E-state index contributed by atoms with van der Waals surface area (Å²) in [6.45, 7) is 2.03. The normalized spacial score (nSPS) is 14.6. The van der Waals surface area contributed by atoms with Crippen molar-refractivity contribution >= 4 is 40.8 Å². The van der Waals surface area contributed by atoms with Crippen LogP contribution in [0.5, 0.6) is 0 Å². The van der Waals surface area contributed by atoms with Crippen molar-refractivity contribution in [3.8, 4) is 5.69 Å². The first-order valence-corrected chi connectivity index (χ1v) is 10.4. The Kier molecular flexibility index (Phi) is 5.93. The van der Waals surface area contributed by atoms with Crippen LogP contribution in [0, 0.1) is 5.82 Å². The van der Waals surface area contributed by atoms with E-state index in [2.05, 4.69) is 5.10 Å². The number of rotatable bonds is 4. The minimum Gasteiger partial charge on any atom is -0.461 e. The van der Waals surface area contributed by atoms with Crippen molar-refractivity contribution < 1.29 is 13.9 Å². The number of carbonyl (C=O) groups is 1. The first-order chi connectivity index (χ1) is 14.5. The molecule has 154 valence electrons. The molecule has 7 heteroatoms. The van der Waals surface area contributed by atoms with E-state index in [-0.39, 0.29) is 12.4 Å².